The van der Waals surface area contributed by atoms with Crippen LogP contribution in [0.2, 0.25) is 0 Å². The maximum atomic E-state index is 12.1. The Morgan fingerprint density at radius 2 is 2.05 bits per heavy atom. The summed E-state index contributed by atoms with van der Waals surface area (Å²) in [6, 6.07) is 3.61. The molecule has 0 fully saturated rings. The first-order valence-corrected chi connectivity index (χ1v) is 6.01. The molecule has 3 rings (SSSR count). The Hall–Kier alpha value is -2.37. The van der Waals surface area contributed by atoms with E-state index in [0.717, 1.165) is 5.39 Å². The molecule has 1 aliphatic heterocycles. The van der Waals surface area contributed by atoms with Gasteiger partial charge in [0.05, 0.1) is 6.20 Å². The van der Waals surface area contributed by atoms with Crippen molar-refractivity contribution in [3.8, 4) is 11.5 Å². The van der Waals surface area contributed by atoms with Crippen LogP contribution in [0.25, 0.3) is 10.8 Å². The fourth-order valence-corrected chi connectivity index (χ4v) is 1.97. The topological polar surface area (TPSA) is 73.3 Å². The second-order valence-corrected chi connectivity index (χ2v) is 4.61. The van der Waals surface area contributed by atoms with Gasteiger partial charge in [-0.2, -0.15) is 5.10 Å². The van der Waals surface area contributed by atoms with Crippen LogP contribution >= 0.6 is 0 Å². The van der Waals surface area contributed by atoms with Gasteiger partial charge in [0.25, 0.3) is 5.91 Å². The fraction of sp³-hybridized carbons (Fsp3) is 0.308. The predicted molar refractivity (Wildman–Crippen MR) is 68.3 cm³/mol. The number of hydrogen-bond donors (Lipinski definition) is 1. The van der Waals surface area contributed by atoms with E-state index in [4.69, 9.17) is 9.47 Å². The molecular weight excluding hydrogens is 246 g/mol. The Labute approximate surface area is 109 Å². The van der Waals surface area contributed by atoms with Gasteiger partial charge in [-0.1, -0.05) is 0 Å². The standard InChI is InChI=1S/C13H13N3O3/c1-7(2)15-13(17)12-9-4-11-10(18-6-19-11)3-8(9)5-14-16-12/h3-5,7H,6H2,1-2H3,(H,15,17). The van der Waals surface area contributed by atoms with E-state index in [9.17, 15) is 4.79 Å². The Balaban J connectivity index is 2.12. The molecule has 0 aliphatic carbocycles. The minimum absolute atomic E-state index is 0.0403. The van der Waals surface area contributed by atoms with E-state index in [2.05, 4.69) is 15.5 Å². The number of nitrogens with zero attached hydrogens (tertiary/aromatic N) is 2. The lowest BCUT2D eigenvalue weighted by Crippen LogP contribution is -2.31. The zero-order valence-corrected chi connectivity index (χ0v) is 10.6. The monoisotopic (exact) mass is 259 g/mol. The molecule has 1 N–H and O–H groups in total. The van der Waals surface area contributed by atoms with Crippen LogP contribution in [0.5, 0.6) is 11.5 Å². The summed E-state index contributed by atoms with van der Waals surface area (Å²) in [5, 5.41) is 12.1. The molecule has 0 bridgehead atoms. The highest BCUT2D eigenvalue weighted by Gasteiger charge is 2.19. The fourth-order valence-electron chi connectivity index (χ4n) is 1.97. The second kappa shape index (κ2) is 4.38. The van der Waals surface area contributed by atoms with Gasteiger partial charge in [0.1, 0.15) is 0 Å². The minimum atomic E-state index is -0.244. The van der Waals surface area contributed by atoms with Crippen LogP contribution in [0.3, 0.4) is 0 Å². The number of aromatic nitrogens is 2. The molecule has 98 valence electrons. The number of fused-ring (bicyclic) bond motifs is 2. The van der Waals surface area contributed by atoms with Crippen molar-refractivity contribution < 1.29 is 14.3 Å². The van der Waals surface area contributed by atoms with E-state index >= 15 is 0 Å². The van der Waals surface area contributed by atoms with Gasteiger partial charge in [0, 0.05) is 16.8 Å². The molecule has 6 heteroatoms. The first kappa shape index (κ1) is 11.7. The van der Waals surface area contributed by atoms with Crippen LogP contribution in [-0.4, -0.2) is 28.9 Å². The molecule has 1 aliphatic rings. The van der Waals surface area contributed by atoms with Gasteiger partial charge in [-0.3, -0.25) is 4.79 Å². The third-order valence-corrected chi connectivity index (χ3v) is 2.79. The van der Waals surface area contributed by atoms with Crippen molar-refractivity contribution in [2.75, 3.05) is 6.79 Å². The van der Waals surface area contributed by atoms with Gasteiger partial charge in [-0.15, -0.1) is 5.10 Å². The Kier molecular flexibility index (Phi) is 2.70. The van der Waals surface area contributed by atoms with Crippen LogP contribution in [-0.2, 0) is 0 Å². The maximum absolute atomic E-state index is 12.1. The molecule has 0 saturated heterocycles. The predicted octanol–water partition coefficient (Wildman–Crippen LogP) is 1.50. The first-order chi connectivity index (χ1) is 9.15. The maximum Gasteiger partial charge on any atom is 0.272 e. The van der Waals surface area contributed by atoms with Gasteiger partial charge >= 0.3 is 0 Å². The number of amides is 1. The summed E-state index contributed by atoms with van der Waals surface area (Å²) in [7, 11) is 0. The third kappa shape index (κ3) is 2.05. The van der Waals surface area contributed by atoms with E-state index in [1.54, 1.807) is 18.3 Å². The molecule has 0 saturated carbocycles. The number of carbonyl (C=O) groups excluding carboxylic acids is 1. The van der Waals surface area contributed by atoms with Crippen molar-refractivity contribution >= 4 is 16.7 Å². The molecule has 0 radical (unpaired) electrons. The van der Waals surface area contributed by atoms with E-state index in [-0.39, 0.29) is 18.7 Å². The number of carbonyl (C=O) groups is 1. The SMILES string of the molecule is CC(C)NC(=O)c1nncc2cc3c(cc12)OCO3. The third-order valence-electron chi connectivity index (χ3n) is 2.79. The molecule has 19 heavy (non-hydrogen) atoms. The molecule has 1 aromatic carbocycles. The van der Waals surface area contributed by atoms with Crippen molar-refractivity contribution in [3.63, 3.8) is 0 Å². The average Bonchev–Trinajstić information content (AvgIpc) is 2.81. The highest BCUT2D eigenvalue weighted by atomic mass is 16.7. The van der Waals surface area contributed by atoms with E-state index in [1.165, 1.54) is 0 Å². The van der Waals surface area contributed by atoms with Crippen molar-refractivity contribution in [1.29, 1.82) is 0 Å². The summed E-state index contributed by atoms with van der Waals surface area (Å²) in [6.07, 6.45) is 1.60. The Bertz CT molecular complexity index is 655. The molecule has 1 aromatic heterocycles. The first-order valence-electron chi connectivity index (χ1n) is 6.01. The van der Waals surface area contributed by atoms with Gasteiger partial charge in [-0.25, -0.2) is 0 Å². The van der Waals surface area contributed by atoms with Crippen LogP contribution in [0.1, 0.15) is 24.3 Å². The Morgan fingerprint density at radius 1 is 1.32 bits per heavy atom. The summed E-state index contributed by atoms with van der Waals surface area (Å²) in [5.74, 6) is 1.04. The molecule has 2 heterocycles. The minimum Gasteiger partial charge on any atom is -0.454 e. The van der Waals surface area contributed by atoms with Crippen LogP contribution in [0.4, 0.5) is 0 Å². The Morgan fingerprint density at radius 3 is 2.79 bits per heavy atom. The number of benzene rings is 1. The highest BCUT2D eigenvalue weighted by molar-refractivity contribution is 6.05. The normalized spacial score (nSPS) is 13.0. The molecule has 0 unspecified atom stereocenters. The average molecular weight is 259 g/mol. The number of rotatable bonds is 2. The lowest BCUT2D eigenvalue weighted by atomic mass is 10.1. The molecule has 1 amide bonds. The lowest BCUT2D eigenvalue weighted by molar-refractivity contribution is 0.0939. The number of ether oxygens (including phenoxy) is 2. The summed E-state index contributed by atoms with van der Waals surface area (Å²) in [4.78, 5) is 12.1. The van der Waals surface area contributed by atoms with Crippen molar-refractivity contribution in [2.45, 2.75) is 19.9 Å². The van der Waals surface area contributed by atoms with E-state index in [1.807, 2.05) is 13.8 Å². The zero-order chi connectivity index (χ0) is 13.4. The molecule has 0 atom stereocenters. The summed E-state index contributed by atoms with van der Waals surface area (Å²) in [6.45, 7) is 3.98. The van der Waals surface area contributed by atoms with E-state index < -0.39 is 0 Å². The van der Waals surface area contributed by atoms with E-state index in [0.29, 0.717) is 22.6 Å². The van der Waals surface area contributed by atoms with Crippen molar-refractivity contribution in [3.05, 3.63) is 24.0 Å². The van der Waals surface area contributed by atoms with Gasteiger partial charge in [-0.05, 0) is 26.0 Å². The largest absolute Gasteiger partial charge is 0.454 e. The van der Waals surface area contributed by atoms with Crippen LogP contribution < -0.4 is 14.8 Å². The van der Waals surface area contributed by atoms with Gasteiger partial charge in [0.2, 0.25) is 6.79 Å². The highest BCUT2D eigenvalue weighted by Crippen LogP contribution is 2.36. The smallest absolute Gasteiger partial charge is 0.272 e. The number of nitrogens with one attached hydrogen (secondary N) is 1. The lowest BCUT2D eigenvalue weighted by Gasteiger charge is -2.09. The number of hydrogen-bond acceptors (Lipinski definition) is 5. The van der Waals surface area contributed by atoms with Crippen LogP contribution in [0, 0.1) is 0 Å². The quantitative estimate of drug-likeness (QED) is 0.884. The molecular formula is C13H13N3O3. The van der Waals surface area contributed by atoms with Crippen LogP contribution in [0.15, 0.2) is 18.3 Å². The molecule has 0 spiro atoms. The van der Waals surface area contributed by atoms with Crippen molar-refractivity contribution in [1.82, 2.24) is 15.5 Å². The van der Waals surface area contributed by atoms with Gasteiger partial charge in [0.15, 0.2) is 17.2 Å². The van der Waals surface area contributed by atoms with Gasteiger partial charge < -0.3 is 14.8 Å². The molecule has 2 aromatic rings. The molecule has 6 nitrogen and oxygen atoms in total. The summed E-state index contributed by atoms with van der Waals surface area (Å²) in [5.41, 5.74) is 0.296. The summed E-state index contributed by atoms with van der Waals surface area (Å²) >= 11 is 0. The summed E-state index contributed by atoms with van der Waals surface area (Å²) < 4.78 is 10.6. The second-order valence-electron chi connectivity index (χ2n) is 4.61. The zero-order valence-electron chi connectivity index (χ0n) is 10.6. The van der Waals surface area contributed by atoms with Crippen molar-refractivity contribution in [2.24, 2.45) is 0 Å².